The summed E-state index contributed by atoms with van der Waals surface area (Å²) >= 11 is 0. The summed E-state index contributed by atoms with van der Waals surface area (Å²) in [7, 11) is 0. The number of carbonyl (C=O) groups is 4. The van der Waals surface area contributed by atoms with Crippen molar-refractivity contribution in [2.24, 2.45) is 11.8 Å². The van der Waals surface area contributed by atoms with Gasteiger partial charge in [-0.1, -0.05) is 20.3 Å². The fourth-order valence-electron chi connectivity index (χ4n) is 3.40. The van der Waals surface area contributed by atoms with Gasteiger partial charge in [-0.2, -0.15) is 0 Å². The minimum absolute atomic E-state index is 0.0547. The van der Waals surface area contributed by atoms with Crippen LogP contribution in [0.15, 0.2) is 0 Å². The molecule has 0 heterocycles. The molecule has 1 fully saturated rings. The van der Waals surface area contributed by atoms with E-state index in [0.29, 0.717) is 19.3 Å². The second-order valence-electron chi connectivity index (χ2n) is 8.66. The maximum atomic E-state index is 12.6. The van der Waals surface area contributed by atoms with Crippen LogP contribution in [-0.4, -0.2) is 47.8 Å². The third-order valence-corrected chi connectivity index (χ3v) is 5.92. The first-order chi connectivity index (χ1) is 14.1. The molecule has 4 amide bonds. The molecule has 0 radical (unpaired) electrons. The van der Waals surface area contributed by atoms with Crippen molar-refractivity contribution in [2.45, 2.75) is 104 Å². The number of carbonyl (C=O) groups excluding carboxylic acids is 4. The quantitative estimate of drug-likeness (QED) is 0.426. The molecule has 0 aromatic rings. The van der Waals surface area contributed by atoms with Crippen molar-refractivity contribution in [3.63, 3.8) is 0 Å². The van der Waals surface area contributed by atoms with Crippen molar-refractivity contribution in [3.8, 4) is 0 Å². The summed E-state index contributed by atoms with van der Waals surface area (Å²) in [5.41, 5.74) is 0. The summed E-state index contributed by atoms with van der Waals surface area (Å²) in [5.74, 6) is -1.41. The topological polar surface area (TPSA) is 116 Å². The van der Waals surface area contributed by atoms with E-state index in [4.69, 9.17) is 0 Å². The van der Waals surface area contributed by atoms with Crippen LogP contribution in [0.3, 0.4) is 0 Å². The van der Waals surface area contributed by atoms with Crippen molar-refractivity contribution in [3.05, 3.63) is 0 Å². The summed E-state index contributed by atoms with van der Waals surface area (Å²) in [5, 5.41) is 11.3. The Morgan fingerprint density at radius 2 is 1.07 bits per heavy atom. The zero-order chi connectivity index (χ0) is 22.8. The predicted octanol–water partition coefficient (Wildman–Crippen LogP) is 1.63. The molecule has 4 N–H and O–H groups in total. The van der Waals surface area contributed by atoms with E-state index in [1.807, 2.05) is 27.7 Å². The molecule has 6 atom stereocenters. The van der Waals surface area contributed by atoms with Gasteiger partial charge in [-0.15, -0.1) is 0 Å². The summed E-state index contributed by atoms with van der Waals surface area (Å²) in [6.07, 6.45) is 4.21. The summed E-state index contributed by atoms with van der Waals surface area (Å²) < 4.78 is 0. The van der Waals surface area contributed by atoms with Gasteiger partial charge in [-0.3, -0.25) is 19.2 Å². The van der Waals surface area contributed by atoms with Crippen LogP contribution < -0.4 is 21.3 Å². The van der Waals surface area contributed by atoms with E-state index in [1.165, 1.54) is 0 Å². The number of hydrogen-bond donors (Lipinski definition) is 4. The van der Waals surface area contributed by atoms with E-state index in [2.05, 4.69) is 21.3 Å². The van der Waals surface area contributed by atoms with Crippen LogP contribution in [0.4, 0.5) is 0 Å². The van der Waals surface area contributed by atoms with Gasteiger partial charge in [0.25, 0.3) is 0 Å². The molecule has 172 valence electrons. The van der Waals surface area contributed by atoms with E-state index in [-0.39, 0.29) is 47.5 Å². The zero-order valence-corrected chi connectivity index (χ0v) is 19.3. The molecule has 1 saturated carbocycles. The summed E-state index contributed by atoms with van der Waals surface area (Å²) in [6.45, 7) is 11.1. The van der Waals surface area contributed by atoms with Crippen LogP contribution in [-0.2, 0) is 19.2 Å². The largest absolute Gasteiger partial charge is 0.352 e. The molecule has 0 bridgehead atoms. The molecule has 6 unspecified atom stereocenters. The first kappa shape index (κ1) is 25.9. The van der Waals surface area contributed by atoms with Gasteiger partial charge in [0.2, 0.25) is 23.6 Å². The summed E-state index contributed by atoms with van der Waals surface area (Å²) in [6, 6.07) is -1.13. The monoisotopic (exact) mass is 424 g/mol. The van der Waals surface area contributed by atoms with E-state index >= 15 is 0 Å². The number of nitrogens with one attached hydrogen (secondary N) is 4. The second-order valence-corrected chi connectivity index (χ2v) is 8.66. The molecule has 8 heteroatoms. The minimum Gasteiger partial charge on any atom is -0.352 e. The first-order valence-electron chi connectivity index (χ1n) is 11.3. The molecule has 1 rings (SSSR count). The molecule has 1 aliphatic rings. The average Bonchev–Trinajstić information content (AvgIpc) is 2.73. The normalized spacial score (nSPS) is 22.7. The van der Waals surface area contributed by atoms with E-state index in [0.717, 1.165) is 19.3 Å². The predicted molar refractivity (Wildman–Crippen MR) is 116 cm³/mol. The third kappa shape index (κ3) is 8.32. The van der Waals surface area contributed by atoms with Crippen molar-refractivity contribution >= 4 is 23.6 Å². The Labute approximate surface area is 180 Å². The SMILES string of the molecule is CCC(C)NC(=O)C(C)NC(=O)C1CCCC(C(=O)NC(C)C(=O)NC(C)CC)C1. The maximum absolute atomic E-state index is 12.6. The molecular formula is C22H40N4O4. The van der Waals surface area contributed by atoms with Gasteiger partial charge in [0, 0.05) is 23.9 Å². The molecule has 0 aromatic carbocycles. The van der Waals surface area contributed by atoms with Crippen LogP contribution in [0.5, 0.6) is 0 Å². The van der Waals surface area contributed by atoms with Gasteiger partial charge in [0.15, 0.2) is 0 Å². The zero-order valence-electron chi connectivity index (χ0n) is 19.3. The van der Waals surface area contributed by atoms with Crippen molar-refractivity contribution < 1.29 is 19.2 Å². The fraction of sp³-hybridized carbons (Fsp3) is 0.818. The standard InChI is InChI=1S/C22H40N4O4/c1-7-13(3)23-19(27)15(5)25-21(29)17-10-9-11-18(12-17)22(30)26-16(6)20(28)24-14(4)8-2/h13-18H,7-12H2,1-6H3,(H,23,27)(H,24,28)(H,25,29)(H,26,30). The highest BCUT2D eigenvalue weighted by atomic mass is 16.2. The molecule has 0 saturated heterocycles. The van der Waals surface area contributed by atoms with Crippen molar-refractivity contribution in [1.29, 1.82) is 0 Å². The Morgan fingerprint density at radius 1 is 0.700 bits per heavy atom. The number of amides is 4. The van der Waals surface area contributed by atoms with Crippen LogP contribution in [0.25, 0.3) is 0 Å². The van der Waals surface area contributed by atoms with Crippen molar-refractivity contribution in [2.75, 3.05) is 0 Å². The summed E-state index contributed by atoms with van der Waals surface area (Å²) in [4.78, 5) is 49.6. The highest BCUT2D eigenvalue weighted by Gasteiger charge is 2.33. The Kier molecular flexibility index (Phi) is 10.8. The van der Waals surface area contributed by atoms with Crippen molar-refractivity contribution in [1.82, 2.24) is 21.3 Å². The lowest BCUT2D eigenvalue weighted by atomic mass is 9.80. The fourth-order valence-corrected chi connectivity index (χ4v) is 3.40. The molecular weight excluding hydrogens is 384 g/mol. The lowest BCUT2D eigenvalue weighted by Gasteiger charge is -2.29. The van der Waals surface area contributed by atoms with Crippen LogP contribution in [0.2, 0.25) is 0 Å². The van der Waals surface area contributed by atoms with Gasteiger partial charge in [-0.25, -0.2) is 0 Å². The molecule has 0 aliphatic heterocycles. The van der Waals surface area contributed by atoms with Gasteiger partial charge in [-0.05, 0) is 59.8 Å². The number of hydrogen-bond acceptors (Lipinski definition) is 4. The highest BCUT2D eigenvalue weighted by molar-refractivity contribution is 5.90. The smallest absolute Gasteiger partial charge is 0.242 e. The lowest BCUT2D eigenvalue weighted by molar-refractivity contribution is -0.135. The highest BCUT2D eigenvalue weighted by Crippen LogP contribution is 2.29. The molecule has 8 nitrogen and oxygen atoms in total. The average molecular weight is 425 g/mol. The van der Waals surface area contributed by atoms with E-state index < -0.39 is 12.1 Å². The number of rotatable bonds is 10. The van der Waals surface area contributed by atoms with E-state index in [9.17, 15) is 19.2 Å². The maximum Gasteiger partial charge on any atom is 0.242 e. The Balaban J connectivity index is 2.55. The lowest BCUT2D eigenvalue weighted by Crippen LogP contribution is -2.51. The Morgan fingerprint density at radius 3 is 1.40 bits per heavy atom. The first-order valence-corrected chi connectivity index (χ1v) is 11.3. The van der Waals surface area contributed by atoms with E-state index in [1.54, 1.807) is 13.8 Å². The van der Waals surface area contributed by atoms with Gasteiger partial charge < -0.3 is 21.3 Å². The Hall–Kier alpha value is -2.12. The second kappa shape index (κ2) is 12.5. The van der Waals surface area contributed by atoms with Crippen LogP contribution in [0, 0.1) is 11.8 Å². The molecule has 0 spiro atoms. The third-order valence-electron chi connectivity index (χ3n) is 5.92. The molecule has 1 aliphatic carbocycles. The van der Waals surface area contributed by atoms with Crippen LogP contribution >= 0.6 is 0 Å². The minimum atomic E-state index is -0.620. The van der Waals surface area contributed by atoms with Gasteiger partial charge >= 0.3 is 0 Å². The van der Waals surface area contributed by atoms with Crippen LogP contribution in [0.1, 0.15) is 80.1 Å². The Bertz CT molecular complexity index is 560. The molecule has 30 heavy (non-hydrogen) atoms. The van der Waals surface area contributed by atoms with Gasteiger partial charge in [0.05, 0.1) is 0 Å². The molecule has 0 aromatic heterocycles. The van der Waals surface area contributed by atoms with Gasteiger partial charge in [0.1, 0.15) is 12.1 Å².